The van der Waals surface area contributed by atoms with E-state index in [9.17, 15) is 4.79 Å². The van der Waals surface area contributed by atoms with Crippen LogP contribution < -0.4 is 5.32 Å². The fourth-order valence-corrected chi connectivity index (χ4v) is 1.73. The highest BCUT2D eigenvalue weighted by Crippen LogP contribution is 2.14. The van der Waals surface area contributed by atoms with Gasteiger partial charge in [0.05, 0.1) is 17.3 Å². The van der Waals surface area contributed by atoms with Crippen LogP contribution in [0.25, 0.3) is 0 Å². The summed E-state index contributed by atoms with van der Waals surface area (Å²) in [7, 11) is 1.94. The Hall–Kier alpha value is -1.86. The summed E-state index contributed by atoms with van der Waals surface area (Å²) in [5.74, 6) is -0.0821. The first-order valence-corrected chi connectivity index (χ1v) is 6.60. The number of likely N-dealkylation sites (N-methyl/N-ethyl adjacent to an activating group) is 1. The second-order valence-corrected chi connectivity index (χ2v) is 4.66. The van der Waals surface area contributed by atoms with E-state index in [0.29, 0.717) is 11.3 Å². The van der Waals surface area contributed by atoms with E-state index in [1.165, 1.54) is 0 Å². The van der Waals surface area contributed by atoms with E-state index in [0.717, 1.165) is 19.4 Å². The molecule has 19 heavy (non-hydrogen) atoms. The van der Waals surface area contributed by atoms with Crippen molar-refractivity contribution in [2.45, 2.75) is 32.7 Å². The van der Waals surface area contributed by atoms with Crippen LogP contribution in [-0.2, 0) is 4.79 Å². The van der Waals surface area contributed by atoms with Gasteiger partial charge in [0, 0.05) is 0 Å². The predicted molar refractivity (Wildman–Crippen MR) is 76.8 cm³/mol. The first-order chi connectivity index (χ1) is 9.10. The van der Waals surface area contributed by atoms with Gasteiger partial charge in [-0.25, -0.2) is 0 Å². The molecule has 0 spiro atoms. The predicted octanol–water partition coefficient (Wildman–Crippen LogP) is 2.62. The third kappa shape index (κ3) is 4.38. The fraction of sp³-hybridized carbons (Fsp3) is 0.467. The highest BCUT2D eigenvalue weighted by molar-refractivity contribution is 5.95. The Labute approximate surface area is 115 Å². The van der Waals surface area contributed by atoms with Crippen molar-refractivity contribution in [3.8, 4) is 6.07 Å². The Morgan fingerprint density at radius 2 is 2.16 bits per heavy atom. The van der Waals surface area contributed by atoms with Crippen LogP contribution in [0.4, 0.5) is 5.69 Å². The van der Waals surface area contributed by atoms with E-state index in [1.54, 1.807) is 18.2 Å². The molecule has 0 saturated carbocycles. The normalized spacial score (nSPS) is 11.9. The summed E-state index contributed by atoms with van der Waals surface area (Å²) in [5, 5.41) is 11.8. The lowest BCUT2D eigenvalue weighted by molar-refractivity contribution is -0.120. The number of hydrogen-bond acceptors (Lipinski definition) is 3. The van der Waals surface area contributed by atoms with E-state index in [1.807, 2.05) is 24.9 Å². The Kier molecular flexibility index (Phi) is 6.04. The minimum atomic E-state index is -0.210. The number of para-hydroxylation sites is 1. The molecule has 0 aromatic heterocycles. The number of carbonyl (C=O) groups excluding carboxylic acids is 1. The molecule has 1 amide bonds. The van der Waals surface area contributed by atoms with Crippen LogP contribution in [0.5, 0.6) is 0 Å². The molecule has 0 unspecified atom stereocenters. The van der Waals surface area contributed by atoms with E-state index in [-0.39, 0.29) is 11.9 Å². The van der Waals surface area contributed by atoms with Crippen LogP contribution in [-0.4, -0.2) is 30.4 Å². The van der Waals surface area contributed by atoms with Gasteiger partial charge in [0.1, 0.15) is 6.07 Å². The number of anilines is 1. The Morgan fingerprint density at radius 1 is 1.47 bits per heavy atom. The van der Waals surface area contributed by atoms with Gasteiger partial charge in [-0.05, 0) is 39.1 Å². The zero-order valence-corrected chi connectivity index (χ0v) is 11.8. The van der Waals surface area contributed by atoms with Gasteiger partial charge in [0.2, 0.25) is 5.91 Å². The molecule has 4 heteroatoms. The number of hydrogen-bond donors (Lipinski definition) is 1. The topological polar surface area (TPSA) is 56.1 Å². The number of carbonyl (C=O) groups is 1. The van der Waals surface area contributed by atoms with Gasteiger partial charge in [-0.15, -0.1) is 0 Å². The van der Waals surface area contributed by atoms with E-state index >= 15 is 0 Å². The zero-order chi connectivity index (χ0) is 14.3. The zero-order valence-electron chi connectivity index (χ0n) is 11.8. The summed E-state index contributed by atoms with van der Waals surface area (Å²) in [5.41, 5.74) is 1.06. The first-order valence-electron chi connectivity index (χ1n) is 6.60. The van der Waals surface area contributed by atoms with E-state index in [2.05, 4.69) is 18.3 Å². The molecule has 4 nitrogen and oxygen atoms in total. The standard InChI is InChI=1S/C15H21N3O/c1-4-5-10-18(3)12(2)15(19)17-14-9-7-6-8-13(14)11-16/h6-9,12H,4-5,10H2,1-3H3,(H,17,19)/t12-/m1/s1. The van der Waals surface area contributed by atoms with E-state index < -0.39 is 0 Å². The lowest BCUT2D eigenvalue weighted by Gasteiger charge is -2.23. The largest absolute Gasteiger partial charge is 0.324 e. The van der Waals surface area contributed by atoms with Gasteiger partial charge in [-0.2, -0.15) is 5.26 Å². The van der Waals surface area contributed by atoms with Gasteiger partial charge in [-0.1, -0.05) is 25.5 Å². The van der Waals surface area contributed by atoms with Gasteiger partial charge >= 0.3 is 0 Å². The molecule has 0 saturated heterocycles. The molecule has 0 fully saturated rings. The van der Waals surface area contributed by atoms with Gasteiger partial charge < -0.3 is 5.32 Å². The average molecular weight is 259 g/mol. The molecule has 0 heterocycles. The monoisotopic (exact) mass is 259 g/mol. The number of rotatable bonds is 6. The van der Waals surface area contributed by atoms with Gasteiger partial charge in [-0.3, -0.25) is 9.69 Å². The molecule has 0 radical (unpaired) electrons. The Bertz CT molecular complexity index is 465. The van der Waals surface area contributed by atoms with Crippen molar-refractivity contribution in [1.29, 1.82) is 5.26 Å². The quantitative estimate of drug-likeness (QED) is 0.854. The molecule has 0 aliphatic rings. The minimum Gasteiger partial charge on any atom is -0.324 e. The van der Waals surface area contributed by atoms with Crippen molar-refractivity contribution in [2.75, 3.05) is 18.9 Å². The lowest BCUT2D eigenvalue weighted by atomic mass is 10.2. The highest BCUT2D eigenvalue weighted by Gasteiger charge is 2.18. The van der Waals surface area contributed by atoms with Crippen molar-refractivity contribution in [3.63, 3.8) is 0 Å². The minimum absolute atomic E-state index is 0.0821. The summed E-state index contributed by atoms with van der Waals surface area (Å²) in [6, 6.07) is 8.90. The number of nitriles is 1. The number of nitrogens with zero attached hydrogens (tertiary/aromatic N) is 2. The fourth-order valence-electron chi connectivity index (χ4n) is 1.73. The van der Waals surface area contributed by atoms with Crippen LogP contribution in [0.1, 0.15) is 32.3 Å². The average Bonchev–Trinajstić information content (AvgIpc) is 2.44. The van der Waals surface area contributed by atoms with Crippen molar-refractivity contribution in [1.82, 2.24) is 4.90 Å². The number of unbranched alkanes of at least 4 members (excludes halogenated alkanes) is 1. The summed E-state index contributed by atoms with van der Waals surface area (Å²) in [6.07, 6.45) is 2.18. The first kappa shape index (κ1) is 15.2. The summed E-state index contributed by atoms with van der Waals surface area (Å²) in [4.78, 5) is 14.1. The molecule has 1 atom stereocenters. The molecule has 0 aliphatic carbocycles. The second-order valence-electron chi connectivity index (χ2n) is 4.66. The summed E-state index contributed by atoms with van der Waals surface area (Å²) in [6.45, 7) is 4.90. The van der Waals surface area contributed by atoms with Crippen molar-refractivity contribution >= 4 is 11.6 Å². The number of nitrogens with one attached hydrogen (secondary N) is 1. The van der Waals surface area contributed by atoms with E-state index in [4.69, 9.17) is 5.26 Å². The van der Waals surface area contributed by atoms with Crippen LogP contribution >= 0.6 is 0 Å². The molecular formula is C15H21N3O. The summed E-state index contributed by atoms with van der Waals surface area (Å²) >= 11 is 0. The smallest absolute Gasteiger partial charge is 0.241 e. The maximum Gasteiger partial charge on any atom is 0.241 e. The lowest BCUT2D eigenvalue weighted by Crippen LogP contribution is -2.40. The number of benzene rings is 1. The number of amides is 1. The Morgan fingerprint density at radius 3 is 2.79 bits per heavy atom. The van der Waals surface area contributed by atoms with Crippen molar-refractivity contribution in [2.24, 2.45) is 0 Å². The van der Waals surface area contributed by atoms with Crippen molar-refractivity contribution < 1.29 is 4.79 Å². The Balaban J connectivity index is 2.66. The second kappa shape index (κ2) is 7.55. The molecule has 1 aromatic rings. The van der Waals surface area contributed by atoms with Gasteiger partial charge in [0.25, 0.3) is 0 Å². The van der Waals surface area contributed by atoms with Crippen LogP contribution in [0.15, 0.2) is 24.3 Å². The molecule has 102 valence electrons. The van der Waals surface area contributed by atoms with Crippen LogP contribution in [0, 0.1) is 11.3 Å². The maximum absolute atomic E-state index is 12.1. The maximum atomic E-state index is 12.1. The third-order valence-electron chi connectivity index (χ3n) is 3.21. The van der Waals surface area contributed by atoms with Crippen LogP contribution in [0.2, 0.25) is 0 Å². The SMILES string of the molecule is CCCCN(C)[C@H](C)C(=O)Nc1ccccc1C#N. The molecule has 0 bridgehead atoms. The van der Waals surface area contributed by atoms with Gasteiger partial charge in [0.15, 0.2) is 0 Å². The van der Waals surface area contributed by atoms with Crippen LogP contribution in [0.3, 0.4) is 0 Å². The molecule has 1 aromatic carbocycles. The molecular weight excluding hydrogens is 238 g/mol. The van der Waals surface area contributed by atoms with Crippen molar-refractivity contribution in [3.05, 3.63) is 29.8 Å². The molecule has 1 rings (SSSR count). The molecule has 1 N–H and O–H groups in total. The summed E-state index contributed by atoms with van der Waals surface area (Å²) < 4.78 is 0. The molecule has 0 aliphatic heterocycles. The third-order valence-corrected chi connectivity index (χ3v) is 3.21. The highest BCUT2D eigenvalue weighted by atomic mass is 16.2.